The van der Waals surface area contributed by atoms with Crippen LogP contribution in [0.5, 0.6) is 0 Å². The Labute approximate surface area is 169 Å². The zero-order valence-corrected chi connectivity index (χ0v) is 18.1. The number of aromatic nitrogens is 2. The lowest BCUT2D eigenvalue weighted by molar-refractivity contribution is 0.0493. The fourth-order valence-electron chi connectivity index (χ4n) is 2.19. The molecule has 1 N–H and O–H groups in total. The van der Waals surface area contributed by atoms with E-state index in [1.54, 1.807) is 11.8 Å². The van der Waals surface area contributed by atoms with Gasteiger partial charge in [-0.2, -0.15) is 11.8 Å². The zero-order chi connectivity index (χ0) is 19.9. The summed E-state index contributed by atoms with van der Waals surface area (Å²) >= 11 is 3.17. The summed E-state index contributed by atoms with van der Waals surface area (Å²) in [6.45, 7) is 7.55. The third kappa shape index (κ3) is 7.84. The lowest BCUT2D eigenvalue weighted by atomic mass is 10.2. The molecule has 27 heavy (non-hydrogen) atoms. The predicted octanol–water partition coefficient (Wildman–Crippen LogP) is 4.99. The topological polar surface area (TPSA) is 77.2 Å². The monoisotopic (exact) mass is 409 g/mol. The van der Waals surface area contributed by atoms with Gasteiger partial charge in [0, 0.05) is 5.75 Å². The van der Waals surface area contributed by atoms with Gasteiger partial charge in [-0.1, -0.05) is 41.6 Å². The molecule has 0 radical (unpaired) electrons. The molecule has 6 nitrogen and oxygen atoms in total. The number of nitrogens with zero attached hydrogens (tertiary/aromatic N) is 2. The summed E-state index contributed by atoms with van der Waals surface area (Å²) in [4.78, 5) is 12.1. The van der Waals surface area contributed by atoms with Crippen molar-refractivity contribution in [3.8, 4) is 0 Å². The Kier molecular flexibility index (Phi) is 8.04. The second-order valence-electron chi connectivity index (χ2n) is 7.16. The van der Waals surface area contributed by atoms with Gasteiger partial charge >= 0.3 is 6.09 Å². The number of aryl methyl sites for hydroxylation is 1. The summed E-state index contributed by atoms with van der Waals surface area (Å²) in [6.07, 6.45) is 2.21. The van der Waals surface area contributed by atoms with Crippen LogP contribution in [-0.4, -0.2) is 33.9 Å². The molecule has 0 aliphatic heterocycles. The molecule has 1 aromatic heterocycles. The molecule has 0 aliphatic rings. The molecule has 0 aliphatic carbocycles. The molecule has 1 unspecified atom stereocenters. The van der Waals surface area contributed by atoms with E-state index >= 15 is 0 Å². The summed E-state index contributed by atoms with van der Waals surface area (Å²) in [6, 6.07) is 7.97. The van der Waals surface area contributed by atoms with E-state index in [1.807, 2.05) is 27.0 Å². The number of ether oxygens (including phenoxy) is 1. The molecule has 0 bridgehead atoms. The number of hydrogen-bond acceptors (Lipinski definition) is 7. The maximum atomic E-state index is 12.1. The molecular formula is C19H27N3O3S2. The van der Waals surface area contributed by atoms with Crippen molar-refractivity contribution in [2.24, 2.45) is 0 Å². The molecule has 1 heterocycles. The molecule has 0 fully saturated rings. The molecular weight excluding hydrogens is 382 g/mol. The third-order valence-corrected chi connectivity index (χ3v) is 5.04. The van der Waals surface area contributed by atoms with Gasteiger partial charge in [-0.15, -0.1) is 10.2 Å². The van der Waals surface area contributed by atoms with Crippen molar-refractivity contribution in [3.05, 3.63) is 41.3 Å². The Morgan fingerprint density at radius 2 is 1.96 bits per heavy atom. The van der Waals surface area contributed by atoms with Crippen LogP contribution in [0.3, 0.4) is 0 Å². The van der Waals surface area contributed by atoms with Crippen LogP contribution in [0, 0.1) is 6.92 Å². The summed E-state index contributed by atoms with van der Waals surface area (Å²) in [7, 11) is 0. The maximum absolute atomic E-state index is 12.1. The minimum Gasteiger partial charge on any atom is -0.444 e. The number of benzene rings is 1. The average Bonchev–Trinajstić information content (AvgIpc) is 3.05. The molecule has 8 heteroatoms. The molecule has 148 valence electrons. The number of alkyl carbamates (subject to hydrolysis) is 1. The molecule has 1 amide bonds. The van der Waals surface area contributed by atoms with Gasteiger partial charge in [0.15, 0.2) is 0 Å². The molecule has 2 aromatic rings. The first-order chi connectivity index (χ1) is 12.8. The Morgan fingerprint density at radius 1 is 1.26 bits per heavy atom. The normalized spacial score (nSPS) is 12.6. The van der Waals surface area contributed by atoms with Gasteiger partial charge in [-0.3, -0.25) is 0 Å². The van der Waals surface area contributed by atoms with E-state index in [0.29, 0.717) is 17.5 Å². The summed E-state index contributed by atoms with van der Waals surface area (Å²) in [5.41, 5.74) is 1.86. The van der Waals surface area contributed by atoms with E-state index < -0.39 is 11.7 Å². The van der Waals surface area contributed by atoms with Crippen LogP contribution in [-0.2, 0) is 10.5 Å². The Morgan fingerprint density at radius 3 is 2.59 bits per heavy atom. The van der Waals surface area contributed by atoms with E-state index in [-0.39, 0.29) is 6.04 Å². The largest absolute Gasteiger partial charge is 0.444 e. The van der Waals surface area contributed by atoms with E-state index in [1.165, 1.54) is 22.9 Å². The van der Waals surface area contributed by atoms with Crippen molar-refractivity contribution in [1.82, 2.24) is 15.5 Å². The van der Waals surface area contributed by atoms with E-state index in [9.17, 15) is 4.79 Å². The first-order valence-electron chi connectivity index (χ1n) is 8.77. The fraction of sp³-hybridized carbons (Fsp3) is 0.526. The van der Waals surface area contributed by atoms with Gasteiger partial charge in [0.05, 0.1) is 0 Å². The van der Waals surface area contributed by atoms with Crippen LogP contribution in [0.25, 0.3) is 0 Å². The van der Waals surface area contributed by atoms with E-state index in [0.717, 1.165) is 11.5 Å². The van der Waals surface area contributed by atoms with Gasteiger partial charge in [-0.05, 0) is 51.7 Å². The highest BCUT2D eigenvalue weighted by atomic mass is 32.2. The van der Waals surface area contributed by atoms with Crippen LogP contribution in [0.4, 0.5) is 4.79 Å². The van der Waals surface area contributed by atoms with E-state index in [4.69, 9.17) is 9.15 Å². The lowest BCUT2D eigenvalue weighted by Crippen LogP contribution is -2.35. The predicted molar refractivity (Wildman–Crippen MR) is 110 cm³/mol. The van der Waals surface area contributed by atoms with Crippen molar-refractivity contribution in [3.63, 3.8) is 0 Å². The number of nitrogens with one attached hydrogen (secondary N) is 1. The number of carbonyl (C=O) groups is 1. The molecule has 0 saturated heterocycles. The van der Waals surface area contributed by atoms with Crippen molar-refractivity contribution in [2.75, 3.05) is 12.0 Å². The highest BCUT2D eigenvalue weighted by molar-refractivity contribution is 7.98. The van der Waals surface area contributed by atoms with Gasteiger partial charge < -0.3 is 14.5 Å². The number of hydrogen-bond donors (Lipinski definition) is 1. The van der Waals surface area contributed by atoms with Crippen LogP contribution in [0.2, 0.25) is 0 Å². The molecule has 2 rings (SSSR count). The van der Waals surface area contributed by atoms with Gasteiger partial charge in [0.2, 0.25) is 5.89 Å². The highest BCUT2D eigenvalue weighted by Gasteiger charge is 2.24. The molecule has 0 spiro atoms. The number of rotatable bonds is 8. The smallest absolute Gasteiger partial charge is 0.408 e. The SMILES string of the molecule is CSCCC(NC(=O)OC(C)(C)C)c1nnc(SCc2ccc(C)cc2)o1. The first kappa shape index (κ1) is 21.6. The Hall–Kier alpha value is -1.67. The summed E-state index contributed by atoms with van der Waals surface area (Å²) < 4.78 is 11.1. The van der Waals surface area contributed by atoms with Gasteiger partial charge in [-0.25, -0.2) is 4.79 Å². The van der Waals surface area contributed by atoms with Crippen molar-refractivity contribution in [1.29, 1.82) is 0 Å². The quantitative estimate of drug-likeness (QED) is 0.615. The molecule has 0 saturated carbocycles. The number of amides is 1. The van der Waals surface area contributed by atoms with E-state index in [2.05, 4.69) is 46.7 Å². The second kappa shape index (κ2) is 10.0. The zero-order valence-electron chi connectivity index (χ0n) is 16.4. The first-order valence-corrected chi connectivity index (χ1v) is 11.1. The van der Waals surface area contributed by atoms with Crippen LogP contribution < -0.4 is 5.32 Å². The van der Waals surface area contributed by atoms with Crippen LogP contribution in [0.15, 0.2) is 33.9 Å². The molecule has 1 aromatic carbocycles. The fourth-order valence-corrected chi connectivity index (χ4v) is 3.39. The summed E-state index contributed by atoms with van der Waals surface area (Å²) in [5, 5.41) is 11.6. The van der Waals surface area contributed by atoms with Crippen molar-refractivity contribution >= 4 is 29.6 Å². The Balaban J connectivity index is 1.99. The van der Waals surface area contributed by atoms with Gasteiger partial charge in [0.1, 0.15) is 11.6 Å². The maximum Gasteiger partial charge on any atom is 0.408 e. The minimum atomic E-state index is -0.558. The number of thioether (sulfide) groups is 2. The number of carbonyl (C=O) groups excluding carboxylic acids is 1. The average molecular weight is 410 g/mol. The Bertz CT molecular complexity index is 727. The molecule has 1 atom stereocenters. The standard InChI is InChI=1S/C19H27N3O3S2/c1-13-6-8-14(9-7-13)12-27-18-22-21-16(24-18)15(10-11-26-5)20-17(23)25-19(2,3)4/h6-9,15H,10-12H2,1-5H3,(H,20,23). The lowest BCUT2D eigenvalue weighted by Gasteiger charge is -2.22. The third-order valence-electron chi connectivity index (χ3n) is 3.50. The second-order valence-corrected chi connectivity index (χ2v) is 9.07. The van der Waals surface area contributed by atoms with Crippen LogP contribution in [0.1, 0.15) is 50.3 Å². The van der Waals surface area contributed by atoms with Crippen LogP contribution >= 0.6 is 23.5 Å². The van der Waals surface area contributed by atoms with Gasteiger partial charge in [0.25, 0.3) is 5.22 Å². The minimum absolute atomic E-state index is 0.367. The van der Waals surface area contributed by atoms with Crippen molar-refractivity contribution in [2.45, 2.75) is 56.7 Å². The summed E-state index contributed by atoms with van der Waals surface area (Å²) in [5.74, 6) is 2.01. The highest BCUT2D eigenvalue weighted by Crippen LogP contribution is 2.25. The van der Waals surface area contributed by atoms with Crippen molar-refractivity contribution < 1.29 is 13.9 Å².